The molecule has 5 nitrogen and oxygen atoms in total. The van der Waals surface area contributed by atoms with Crippen molar-refractivity contribution in [3.05, 3.63) is 33.9 Å². The Bertz CT molecular complexity index is 523. The van der Waals surface area contributed by atoms with Crippen molar-refractivity contribution in [3.8, 4) is 11.8 Å². The Morgan fingerprint density at radius 3 is 2.63 bits per heavy atom. The second kappa shape index (κ2) is 5.56. The van der Waals surface area contributed by atoms with Crippen LogP contribution in [0, 0.1) is 34.3 Å². The molecule has 0 N–H and O–H groups in total. The Hall–Kier alpha value is -2.30. The van der Waals surface area contributed by atoms with Gasteiger partial charge in [-0.2, -0.15) is 18.4 Å². The van der Waals surface area contributed by atoms with Crippen molar-refractivity contribution in [2.75, 3.05) is 6.61 Å². The average molecular weight is 274 g/mol. The van der Waals surface area contributed by atoms with E-state index in [4.69, 9.17) is 10.00 Å². The number of nitriles is 1. The van der Waals surface area contributed by atoms with Crippen LogP contribution in [-0.4, -0.2) is 17.7 Å². The smallest absolute Gasteiger partial charge is 0.407 e. The number of alkyl halides is 3. The first-order valence-corrected chi connectivity index (χ1v) is 5.10. The highest BCUT2D eigenvalue weighted by Gasteiger charge is 2.40. The quantitative estimate of drug-likeness (QED) is 0.624. The first kappa shape index (κ1) is 14.8. The van der Waals surface area contributed by atoms with Crippen LogP contribution in [0.3, 0.4) is 0 Å². The number of nitrogens with zero attached hydrogens (tertiary/aromatic N) is 2. The molecule has 0 saturated heterocycles. The molecule has 1 unspecified atom stereocenters. The third kappa shape index (κ3) is 3.84. The fourth-order valence-corrected chi connectivity index (χ4v) is 1.27. The van der Waals surface area contributed by atoms with Crippen molar-refractivity contribution in [1.82, 2.24) is 0 Å². The van der Waals surface area contributed by atoms with Crippen LogP contribution in [0.5, 0.6) is 5.75 Å². The first-order chi connectivity index (χ1) is 8.75. The fourth-order valence-electron chi connectivity index (χ4n) is 1.27. The molecular weight excluding hydrogens is 265 g/mol. The van der Waals surface area contributed by atoms with Crippen LogP contribution in [0.25, 0.3) is 0 Å². The van der Waals surface area contributed by atoms with E-state index in [-0.39, 0.29) is 5.75 Å². The van der Waals surface area contributed by atoms with Crippen LogP contribution in [0.15, 0.2) is 18.2 Å². The van der Waals surface area contributed by atoms with Crippen LogP contribution < -0.4 is 4.74 Å². The lowest BCUT2D eigenvalue weighted by Crippen LogP contribution is -2.27. The summed E-state index contributed by atoms with van der Waals surface area (Å²) in [4.78, 5) is 9.92. The van der Waals surface area contributed by atoms with E-state index in [2.05, 4.69) is 0 Å². The zero-order valence-corrected chi connectivity index (χ0v) is 9.77. The average Bonchev–Trinajstić information content (AvgIpc) is 2.27. The normalized spacial score (nSPS) is 12.6. The van der Waals surface area contributed by atoms with Crippen molar-refractivity contribution in [2.45, 2.75) is 13.1 Å². The lowest BCUT2D eigenvalue weighted by molar-refractivity contribution is -0.386. The zero-order valence-electron chi connectivity index (χ0n) is 9.77. The standard InChI is InChI=1S/C11H9F3N2O3/c1-7-2-3-9(16(17)18)10(4-7)19-6-8(5-15)11(12,13)14/h2-4,8H,6H2,1H3. The van der Waals surface area contributed by atoms with E-state index < -0.39 is 29.3 Å². The van der Waals surface area contributed by atoms with Gasteiger partial charge in [0, 0.05) is 6.07 Å². The van der Waals surface area contributed by atoms with Crippen molar-refractivity contribution in [3.63, 3.8) is 0 Å². The molecule has 102 valence electrons. The van der Waals surface area contributed by atoms with E-state index in [0.29, 0.717) is 5.56 Å². The van der Waals surface area contributed by atoms with E-state index in [0.717, 1.165) is 12.1 Å². The van der Waals surface area contributed by atoms with Crippen LogP contribution in [0.1, 0.15) is 5.56 Å². The minimum Gasteiger partial charge on any atom is -0.485 e. The molecule has 1 aromatic rings. The SMILES string of the molecule is Cc1ccc([N+](=O)[O-])c(OCC(C#N)C(F)(F)F)c1. The molecule has 0 aromatic heterocycles. The van der Waals surface area contributed by atoms with Gasteiger partial charge < -0.3 is 4.74 Å². The monoisotopic (exact) mass is 274 g/mol. The van der Waals surface area contributed by atoms with Crippen molar-refractivity contribution in [1.29, 1.82) is 5.26 Å². The topological polar surface area (TPSA) is 76.2 Å². The largest absolute Gasteiger partial charge is 0.485 e. The summed E-state index contributed by atoms with van der Waals surface area (Å²) in [6.45, 7) is 0.631. The van der Waals surface area contributed by atoms with Crippen LogP contribution in [0.4, 0.5) is 18.9 Å². The second-order valence-electron chi connectivity index (χ2n) is 3.76. The number of benzene rings is 1. The summed E-state index contributed by atoms with van der Waals surface area (Å²) in [5, 5.41) is 19.1. The Balaban J connectivity index is 2.91. The van der Waals surface area contributed by atoms with Crippen molar-refractivity contribution in [2.24, 2.45) is 5.92 Å². The summed E-state index contributed by atoms with van der Waals surface area (Å²) in [7, 11) is 0. The predicted octanol–water partition coefficient (Wildman–Crippen LogP) is 2.98. The van der Waals surface area contributed by atoms with Crippen LogP contribution in [-0.2, 0) is 0 Å². The lowest BCUT2D eigenvalue weighted by atomic mass is 10.2. The number of hydrogen-bond acceptors (Lipinski definition) is 4. The molecule has 0 radical (unpaired) electrons. The molecule has 0 aliphatic heterocycles. The Kier molecular flexibility index (Phi) is 4.32. The van der Waals surface area contributed by atoms with Gasteiger partial charge in [0.1, 0.15) is 6.61 Å². The van der Waals surface area contributed by atoms with Gasteiger partial charge in [-0.3, -0.25) is 10.1 Å². The summed E-state index contributed by atoms with van der Waals surface area (Å²) in [5.74, 6) is -2.61. The maximum atomic E-state index is 12.3. The molecule has 0 aliphatic rings. The molecule has 8 heteroatoms. The van der Waals surface area contributed by atoms with Gasteiger partial charge in [-0.15, -0.1) is 0 Å². The maximum Gasteiger partial charge on any atom is 0.407 e. The summed E-state index contributed by atoms with van der Waals surface area (Å²) < 4.78 is 41.8. The molecule has 1 rings (SSSR count). The number of ether oxygens (including phenoxy) is 1. The van der Waals surface area contributed by atoms with Crippen molar-refractivity contribution >= 4 is 5.69 Å². The van der Waals surface area contributed by atoms with E-state index in [1.165, 1.54) is 12.1 Å². The number of halogens is 3. The summed E-state index contributed by atoms with van der Waals surface area (Å²) in [6, 6.07) is 4.89. The molecule has 0 heterocycles. The van der Waals surface area contributed by atoms with Gasteiger partial charge in [-0.25, -0.2) is 0 Å². The summed E-state index contributed by atoms with van der Waals surface area (Å²) >= 11 is 0. The third-order valence-corrected chi connectivity index (χ3v) is 2.27. The Labute approximate surface area is 106 Å². The van der Waals surface area contributed by atoms with E-state index >= 15 is 0 Å². The van der Waals surface area contributed by atoms with E-state index in [1.807, 2.05) is 0 Å². The zero-order chi connectivity index (χ0) is 14.6. The summed E-state index contributed by atoms with van der Waals surface area (Å²) in [6.07, 6.45) is -4.73. The highest BCUT2D eigenvalue weighted by atomic mass is 19.4. The maximum absolute atomic E-state index is 12.3. The number of nitro benzene ring substituents is 1. The molecule has 0 fully saturated rings. The van der Waals surface area contributed by atoms with Gasteiger partial charge in [-0.1, -0.05) is 6.07 Å². The van der Waals surface area contributed by atoms with Gasteiger partial charge in [-0.05, 0) is 18.6 Å². The fraction of sp³-hybridized carbons (Fsp3) is 0.364. The van der Waals surface area contributed by atoms with Gasteiger partial charge in [0.05, 0.1) is 11.0 Å². The number of aryl methyl sites for hydroxylation is 1. The Morgan fingerprint density at radius 2 is 2.16 bits per heavy atom. The minimum absolute atomic E-state index is 0.283. The Morgan fingerprint density at radius 1 is 1.53 bits per heavy atom. The molecule has 0 aliphatic carbocycles. The van der Waals surface area contributed by atoms with Crippen LogP contribution in [0.2, 0.25) is 0 Å². The highest BCUT2D eigenvalue weighted by Crippen LogP contribution is 2.31. The third-order valence-electron chi connectivity index (χ3n) is 2.27. The number of rotatable bonds is 4. The minimum atomic E-state index is -4.73. The number of hydrogen-bond donors (Lipinski definition) is 0. The second-order valence-corrected chi connectivity index (χ2v) is 3.76. The predicted molar refractivity (Wildman–Crippen MR) is 58.5 cm³/mol. The molecular formula is C11H9F3N2O3. The number of nitro groups is 1. The van der Waals surface area contributed by atoms with Gasteiger partial charge >= 0.3 is 11.9 Å². The van der Waals surface area contributed by atoms with Crippen LogP contribution >= 0.6 is 0 Å². The highest BCUT2D eigenvalue weighted by molar-refractivity contribution is 5.48. The van der Waals surface area contributed by atoms with Gasteiger partial charge in [0.25, 0.3) is 0 Å². The summed E-state index contributed by atoms with van der Waals surface area (Å²) in [5.41, 5.74) is 0.158. The molecule has 1 atom stereocenters. The lowest BCUT2D eigenvalue weighted by Gasteiger charge is -2.14. The molecule has 1 aromatic carbocycles. The van der Waals surface area contributed by atoms with Gasteiger partial charge in [0.15, 0.2) is 11.7 Å². The van der Waals surface area contributed by atoms with E-state index in [9.17, 15) is 23.3 Å². The molecule has 0 spiro atoms. The van der Waals surface area contributed by atoms with E-state index in [1.54, 1.807) is 6.92 Å². The van der Waals surface area contributed by atoms with Gasteiger partial charge in [0.2, 0.25) is 0 Å². The molecule has 0 bridgehead atoms. The molecule has 0 amide bonds. The molecule has 0 saturated carbocycles. The first-order valence-electron chi connectivity index (χ1n) is 5.10. The molecule has 19 heavy (non-hydrogen) atoms. The van der Waals surface area contributed by atoms with Crippen molar-refractivity contribution < 1.29 is 22.8 Å².